The van der Waals surface area contributed by atoms with Gasteiger partial charge in [0, 0.05) is 6.54 Å². The fourth-order valence-electron chi connectivity index (χ4n) is 2.60. The molecule has 0 fully saturated rings. The summed E-state index contributed by atoms with van der Waals surface area (Å²) in [5, 5.41) is 2.63. The van der Waals surface area contributed by atoms with E-state index >= 15 is 0 Å². The normalized spacial score (nSPS) is 13.2. The van der Waals surface area contributed by atoms with Crippen molar-refractivity contribution in [3.05, 3.63) is 70.5 Å². The monoisotopic (exact) mass is 326 g/mol. The molecule has 0 saturated heterocycles. The van der Waals surface area contributed by atoms with Crippen molar-refractivity contribution in [1.82, 2.24) is 10.2 Å². The summed E-state index contributed by atoms with van der Waals surface area (Å²) in [6.45, 7) is 1.50. The second-order valence-electron chi connectivity index (χ2n) is 5.60. The molecule has 1 aliphatic heterocycles. The highest BCUT2D eigenvalue weighted by Gasteiger charge is 2.36. The van der Waals surface area contributed by atoms with Gasteiger partial charge in [0.05, 0.1) is 11.1 Å². The van der Waals surface area contributed by atoms with E-state index in [0.29, 0.717) is 16.7 Å². The fourth-order valence-corrected chi connectivity index (χ4v) is 2.60. The summed E-state index contributed by atoms with van der Waals surface area (Å²) in [6.07, 6.45) is 0. The summed E-state index contributed by atoms with van der Waals surface area (Å²) in [7, 11) is 0. The van der Waals surface area contributed by atoms with Crippen LogP contribution >= 0.6 is 0 Å². The van der Waals surface area contributed by atoms with Crippen LogP contribution in [0.1, 0.15) is 31.8 Å². The Morgan fingerprint density at radius 1 is 1.08 bits per heavy atom. The first-order valence-electron chi connectivity index (χ1n) is 7.44. The van der Waals surface area contributed by atoms with Gasteiger partial charge in [-0.2, -0.15) is 0 Å². The van der Waals surface area contributed by atoms with Crippen LogP contribution in [0.15, 0.2) is 42.5 Å². The van der Waals surface area contributed by atoms with Crippen LogP contribution < -0.4 is 5.32 Å². The molecule has 0 saturated carbocycles. The number of aryl methyl sites for hydroxylation is 1. The molecule has 2 aromatic rings. The lowest BCUT2D eigenvalue weighted by molar-refractivity contribution is -0.121. The van der Waals surface area contributed by atoms with Crippen molar-refractivity contribution in [3.63, 3.8) is 0 Å². The molecule has 6 heteroatoms. The first-order chi connectivity index (χ1) is 11.5. The van der Waals surface area contributed by atoms with E-state index in [4.69, 9.17) is 0 Å². The molecule has 0 bridgehead atoms. The fraction of sp³-hybridized carbons (Fsp3) is 0.167. The number of hydrogen-bond acceptors (Lipinski definition) is 3. The second-order valence-corrected chi connectivity index (χ2v) is 5.60. The van der Waals surface area contributed by atoms with E-state index in [-0.39, 0.29) is 18.9 Å². The number of fused-ring (bicyclic) bond motifs is 1. The molecule has 0 unspecified atom stereocenters. The molecule has 1 heterocycles. The van der Waals surface area contributed by atoms with E-state index in [0.717, 1.165) is 10.5 Å². The van der Waals surface area contributed by atoms with E-state index in [9.17, 15) is 18.8 Å². The topological polar surface area (TPSA) is 66.5 Å². The molecule has 24 heavy (non-hydrogen) atoms. The number of benzene rings is 2. The SMILES string of the molecule is Cc1cc(CNC(=O)CN2C(=O)c3ccccc3C2=O)ccc1F. The maximum atomic E-state index is 13.2. The highest BCUT2D eigenvalue weighted by molar-refractivity contribution is 6.22. The van der Waals surface area contributed by atoms with Crippen LogP contribution in [0.4, 0.5) is 4.39 Å². The van der Waals surface area contributed by atoms with Crippen LogP contribution in [0.25, 0.3) is 0 Å². The lowest BCUT2D eigenvalue weighted by atomic mass is 10.1. The predicted octanol–water partition coefficient (Wildman–Crippen LogP) is 2.05. The van der Waals surface area contributed by atoms with Crippen molar-refractivity contribution in [2.75, 3.05) is 6.54 Å². The highest BCUT2D eigenvalue weighted by atomic mass is 19.1. The van der Waals surface area contributed by atoms with Gasteiger partial charge in [-0.1, -0.05) is 24.3 Å². The van der Waals surface area contributed by atoms with Gasteiger partial charge in [-0.05, 0) is 36.2 Å². The summed E-state index contributed by atoms with van der Waals surface area (Å²) < 4.78 is 13.2. The molecule has 122 valence electrons. The number of carbonyl (C=O) groups is 3. The van der Waals surface area contributed by atoms with Crippen LogP contribution in [0.3, 0.4) is 0 Å². The Bertz CT molecular complexity index is 813. The van der Waals surface area contributed by atoms with Gasteiger partial charge in [0.15, 0.2) is 0 Å². The van der Waals surface area contributed by atoms with Gasteiger partial charge in [-0.3, -0.25) is 19.3 Å². The predicted molar refractivity (Wildman–Crippen MR) is 84.8 cm³/mol. The molecule has 1 aliphatic rings. The van der Waals surface area contributed by atoms with Crippen LogP contribution in [-0.2, 0) is 11.3 Å². The number of nitrogens with zero attached hydrogens (tertiary/aromatic N) is 1. The zero-order chi connectivity index (χ0) is 17.3. The first kappa shape index (κ1) is 15.9. The van der Waals surface area contributed by atoms with Gasteiger partial charge in [0.25, 0.3) is 11.8 Å². The van der Waals surface area contributed by atoms with Crippen molar-refractivity contribution in [2.45, 2.75) is 13.5 Å². The van der Waals surface area contributed by atoms with Gasteiger partial charge in [-0.25, -0.2) is 4.39 Å². The average molecular weight is 326 g/mol. The van der Waals surface area contributed by atoms with Crippen molar-refractivity contribution >= 4 is 17.7 Å². The van der Waals surface area contributed by atoms with Gasteiger partial charge < -0.3 is 5.32 Å². The van der Waals surface area contributed by atoms with E-state index < -0.39 is 17.7 Å². The number of amides is 3. The number of rotatable bonds is 4. The molecule has 0 atom stereocenters. The van der Waals surface area contributed by atoms with Crippen molar-refractivity contribution in [3.8, 4) is 0 Å². The first-order valence-corrected chi connectivity index (χ1v) is 7.44. The molecular formula is C18H15FN2O3. The Labute approximate surface area is 138 Å². The minimum Gasteiger partial charge on any atom is -0.350 e. The standard InChI is InChI=1S/C18H15FN2O3/c1-11-8-12(6-7-15(11)19)9-20-16(22)10-21-17(23)13-4-2-3-5-14(13)18(21)24/h2-8H,9-10H2,1H3,(H,20,22). The van der Waals surface area contributed by atoms with E-state index in [1.807, 2.05) is 0 Å². The zero-order valence-electron chi connectivity index (χ0n) is 13.0. The molecular weight excluding hydrogens is 311 g/mol. The van der Waals surface area contributed by atoms with Gasteiger partial charge in [0.2, 0.25) is 5.91 Å². The average Bonchev–Trinajstić information content (AvgIpc) is 2.81. The van der Waals surface area contributed by atoms with Crippen molar-refractivity contribution < 1.29 is 18.8 Å². The van der Waals surface area contributed by atoms with Gasteiger partial charge in [0.1, 0.15) is 12.4 Å². The Kier molecular flexibility index (Phi) is 4.12. The number of halogens is 1. The zero-order valence-corrected chi connectivity index (χ0v) is 13.0. The van der Waals surface area contributed by atoms with E-state index in [1.165, 1.54) is 6.07 Å². The van der Waals surface area contributed by atoms with Crippen LogP contribution in [0, 0.1) is 12.7 Å². The Hall–Kier alpha value is -3.02. The molecule has 1 N–H and O–H groups in total. The van der Waals surface area contributed by atoms with E-state index in [2.05, 4.69) is 5.32 Å². The second kappa shape index (κ2) is 6.23. The summed E-state index contributed by atoms with van der Waals surface area (Å²) in [4.78, 5) is 37.3. The summed E-state index contributed by atoms with van der Waals surface area (Å²) in [5.41, 5.74) is 1.85. The third-order valence-electron chi connectivity index (χ3n) is 3.89. The smallest absolute Gasteiger partial charge is 0.262 e. The highest BCUT2D eigenvalue weighted by Crippen LogP contribution is 2.21. The molecule has 0 radical (unpaired) electrons. The van der Waals surface area contributed by atoms with Crippen LogP contribution in [0.2, 0.25) is 0 Å². The van der Waals surface area contributed by atoms with Crippen molar-refractivity contribution in [2.24, 2.45) is 0 Å². The lowest BCUT2D eigenvalue weighted by Gasteiger charge is -2.13. The minimum atomic E-state index is -0.469. The Balaban J connectivity index is 1.63. The quantitative estimate of drug-likeness (QED) is 0.875. The summed E-state index contributed by atoms with van der Waals surface area (Å²) in [6, 6.07) is 11.0. The largest absolute Gasteiger partial charge is 0.350 e. The van der Waals surface area contributed by atoms with Gasteiger partial charge in [-0.15, -0.1) is 0 Å². The third-order valence-corrected chi connectivity index (χ3v) is 3.89. The van der Waals surface area contributed by atoms with Crippen molar-refractivity contribution in [1.29, 1.82) is 0 Å². The number of imide groups is 1. The summed E-state index contributed by atoms with van der Waals surface area (Å²) in [5.74, 6) is -1.70. The molecule has 0 aliphatic carbocycles. The van der Waals surface area contributed by atoms with Crippen LogP contribution in [0.5, 0.6) is 0 Å². The molecule has 3 rings (SSSR count). The molecule has 0 spiro atoms. The Morgan fingerprint density at radius 3 is 2.29 bits per heavy atom. The number of carbonyl (C=O) groups excluding carboxylic acids is 3. The maximum Gasteiger partial charge on any atom is 0.262 e. The van der Waals surface area contributed by atoms with E-state index in [1.54, 1.807) is 43.3 Å². The maximum absolute atomic E-state index is 13.2. The molecule has 2 aromatic carbocycles. The number of nitrogens with one attached hydrogen (secondary N) is 1. The molecule has 3 amide bonds. The van der Waals surface area contributed by atoms with Gasteiger partial charge >= 0.3 is 0 Å². The third kappa shape index (κ3) is 2.90. The number of hydrogen-bond donors (Lipinski definition) is 1. The summed E-state index contributed by atoms with van der Waals surface area (Å²) >= 11 is 0. The molecule has 5 nitrogen and oxygen atoms in total. The Morgan fingerprint density at radius 2 is 1.71 bits per heavy atom. The van der Waals surface area contributed by atoms with Crippen LogP contribution in [-0.4, -0.2) is 29.2 Å². The minimum absolute atomic E-state index is 0.198. The molecule has 0 aromatic heterocycles. The lowest BCUT2D eigenvalue weighted by Crippen LogP contribution is -2.40.